The lowest BCUT2D eigenvalue weighted by atomic mass is 10.0. The summed E-state index contributed by atoms with van der Waals surface area (Å²) in [5.74, 6) is 1.83. The molecule has 0 aliphatic rings. The van der Waals surface area contributed by atoms with E-state index in [1.54, 1.807) is 25.6 Å². The fraction of sp³-hybridized carbons (Fsp3) is 0.105. The lowest BCUT2D eigenvalue weighted by molar-refractivity contribution is 0.415. The predicted molar refractivity (Wildman–Crippen MR) is 111 cm³/mol. The van der Waals surface area contributed by atoms with Crippen molar-refractivity contribution in [3.63, 3.8) is 0 Å². The molecule has 6 nitrogen and oxygen atoms in total. The number of H-pyrrole nitrogens is 1. The third-order valence-corrected chi connectivity index (χ3v) is 5.97. The number of tetrazole rings is 1. The van der Waals surface area contributed by atoms with Gasteiger partial charge < -0.3 is 9.47 Å². The zero-order valence-electron chi connectivity index (χ0n) is 14.9. The molecule has 0 radical (unpaired) electrons. The van der Waals surface area contributed by atoms with Crippen LogP contribution >= 0.6 is 34.5 Å². The van der Waals surface area contributed by atoms with Crippen LogP contribution in [-0.2, 0) is 0 Å². The Balaban J connectivity index is 1.89. The Labute approximate surface area is 175 Å². The van der Waals surface area contributed by atoms with Gasteiger partial charge in [0.25, 0.3) is 0 Å². The van der Waals surface area contributed by atoms with Crippen LogP contribution in [-0.4, -0.2) is 34.8 Å². The van der Waals surface area contributed by atoms with E-state index in [-0.39, 0.29) is 0 Å². The van der Waals surface area contributed by atoms with Crippen LogP contribution in [0.1, 0.15) is 0 Å². The monoisotopic (exact) mass is 432 g/mol. The second-order valence-corrected chi connectivity index (χ2v) is 7.67. The van der Waals surface area contributed by atoms with Crippen molar-refractivity contribution in [2.75, 3.05) is 14.2 Å². The molecule has 28 heavy (non-hydrogen) atoms. The first kappa shape index (κ1) is 18.7. The van der Waals surface area contributed by atoms with E-state index < -0.39 is 0 Å². The van der Waals surface area contributed by atoms with Crippen molar-refractivity contribution < 1.29 is 9.47 Å². The summed E-state index contributed by atoms with van der Waals surface area (Å²) in [6.07, 6.45) is 0. The van der Waals surface area contributed by atoms with E-state index in [1.165, 1.54) is 0 Å². The lowest BCUT2D eigenvalue weighted by Crippen LogP contribution is -1.86. The maximum absolute atomic E-state index is 6.35. The summed E-state index contributed by atoms with van der Waals surface area (Å²) in [7, 11) is 3.18. The molecule has 0 amide bonds. The molecular weight excluding hydrogens is 419 g/mol. The number of benzene rings is 2. The molecule has 0 atom stereocenters. The van der Waals surface area contributed by atoms with Gasteiger partial charge >= 0.3 is 0 Å². The topological polar surface area (TPSA) is 72.9 Å². The molecule has 2 heterocycles. The van der Waals surface area contributed by atoms with Gasteiger partial charge in [-0.25, -0.2) is 5.10 Å². The molecule has 142 valence electrons. The third-order valence-electron chi connectivity index (χ3n) is 4.19. The number of thiophene rings is 1. The number of halogens is 2. The first-order valence-electron chi connectivity index (χ1n) is 8.16. The van der Waals surface area contributed by atoms with Gasteiger partial charge in [0.1, 0.15) is 11.5 Å². The SMILES string of the molecule is COc1ccc(-c2cc(-c3nnn[nH]3)sc2-c2ccc(OC)c(Cl)c2)cc1Cl. The third kappa shape index (κ3) is 3.44. The molecule has 0 aliphatic carbocycles. The van der Waals surface area contributed by atoms with Crippen LogP contribution in [0.15, 0.2) is 42.5 Å². The maximum Gasteiger partial charge on any atom is 0.189 e. The van der Waals surface area contributed by atoms with E-state index in [2.05, 4.69) is 20.6 Å². The standard InChI is InChI=1S/C19H14Cl2N4O2S/c1-26-15-5-3-10(7-13(15)20)12-9-17(19-22-24-25-23-19)28-18(12)11-4-6-16(27-2)14(21)8-11/h3-9H,1-2H3,(H,22,23,24,25). The molecule has 0 saturated heterocycles. The van der Waals surface area contributed by atoms with Crippen molar-refractivity contribution in [2.24, 2.45) is 0 Å². The van der Waals surface area contributed by atoms with E-state index in [9.17, 15) is 0 Å². The minimum atomic E-state index is 0.535. The van der Waals surface area contributed by atoms with Gasteiger partial charge in [0.2, 0.25) is 0 Å². The number of methoxy groups -OCH3 is 2. The predicted octanol–water partition coefficient (Wildman–Crippen LogP) is 5.59. The van der Waals surface area contributed by atoms with Crippen LogP contribution in [0.5, 0.6) is 11.5 Å². The Bertz CT molecular complexity index is 1060. The van der Waals surface area contributed by atoms with Gasteiger partial charge in [-0.2, -0.15) is 0 Å². The highest BCUT2D eigenvalue weighted by atomic mass is 35.5. The Morgan fingerprint density at radius 1 is 0.893 bits per heavy atom. The number of rotatable bonds is 5. The van der Waals surface area contributed by atoms with Crippen LogP contribution < -0.4 is 9.47 Å². The zero-order valence-corrected chi connectivity index (χ0v) is 17.2. The molecule has 0 aliphatic heterocycles. The Hall–Kier alpha value is -2.61. The lowest BCUT2D eigenvalue weighted by Gasteiger charge is -2.09. The summed E-state index contributed by atoms with van der Waals surface area (Å²) in [6.45, 7) is 0. The van der Waals surface area contributed by atoms with Crippen molar-refractivity contribution in [3.05, 3.63) is 52.5 Å². The minimum Gasteiger partial charge on any atom is -0.495 e. The summed E-state index contributed by atoms with van der Waals surface area (Å²) in [4.78, 5) is 1.91. The van der Waals surface area contributed by atoms with Crippen molar-refractivity contribution in [1.82, 2.24) is 20.6 Å². The van der Waals surface area contributed by atoms with Gasteiger partial charge in [0, 0.05) is 10.4 Å². The fourth-order valence-corrected chi connectivity index (χ4v) is 4.47. The molecule has 2 aromatic heterocycles. The van der Waals surface area contributed by atoms with Crippen molar-refractivity contribution in [3.8, 4) is 43.8 Å². The van der Waals surface area contributed by atoms with Crippen molar-refractivity contribution in [2.45, 2.75) is 0 Å². The molecule has 2 aromatic carbocycles. The number of hydrogen-bond acceptors (Lipinski definition) is 6. The molecule has 0 bridgehead atoms. The minimum absolute atomic E-state index is 0.535. The smallest absolute Gasteiger partial charge is 0.189 e. The van der Waals surface area contributed by atoms with Crippen LogP contribution in [0, 0.1) is 0 Å². The Morgan fingerprint density at radius 3 is 2.11 bits per heavy atom. The molecular formula is C19H14Cl2N4O2S. The van der Waals surface area contributed by atoms with E-state index in [0.29, 0.717) is 27.4 Å². The fourth-order valence-electron chi connectivity index (χ4n) is 2.84. The summed E-state index contributed by atoms with van der Waals surface area (Å²) >= 11 is 14.3. The van der Waals surface area contributed by atoms with Crippen LogP contribution in [0.25, 0.3) is 32.3 Å². The van der Waals surface area contributed by atoms with Crippen LogP contribution in [0.2, 0.25) is 10.0 Å². The summed E-state index contributed by atoms with van der Waals surface area (Å²) in [5.41, 5.74) is 2.89. The molecule has 0 spiro atoms. The van der Waals surface area contributed by atoms with E-state index in [1.807, 2.05) is 42.5 Å². The van der Waals surface area contributed by atoms with Gasteiger partial charge in [-0.15, -0.1) is 16.4 Å². The molecule has 0 unspecified atom stereocenters. The summed E-state index contributed by atoms with van der Waals surface area (Å²) in [6, 6.07) is 13.4. The van der Waals surface area contributed by atoms with Gasteiger partial charge in [-0.3, -0.25) is 0 Å². The highest BCUT2D eigenvalue weighted by Gasteiger charge is 2.18. The second-order valence-electron chi connectivity index (χ2n) is 5.80. The largest absolute Gasteiger partial charge is 0.495 e. The molecule has 0 saturated carbocycles. The van der Waals surface area contributed by atoms with Gasteiger partial charge in [-0.1, -0.05) is 29.3 Å². The van der Waals surface area contributed by atoms with E-state index in [4.69, 9.17) is 32.7 Å². The average molecular weight is 433 g/mol. The van der Waals surface area contributed by atoms with Crippen LogP contribution in [0.4, 0.5) is 0 Å². The van der Waals surface area contributed by atoms with Crippen LogP contribution in [0.3, 0.4) is 0 Å². The normalized spacial score (nSPS) is 10.9. The van der Waals surface area contributed by atoms with Gasteiger partial charge in [-0.05, 0) is 58.0 Å². The second kappa shape index (κ2) is 7.79. The number of ether oxygens (including phenoxy) is 2. The molecule has 4 aromatic rings. The van der Waals surface area contributed by atoms with Gasteiger partial charge in [0.05, 0.1) is 29.1 Å². The number of nitrogens with zero attached hydrogens (tertiary/aromatic N) is 3. The molecule has 9 heteroatoms. The van der Waals surface area contributed by atoms with E-state index >= 15 is 0 Å². The Kier molecular flexibility index (Phi) is 5.21. The summed E-state index contributed by atoms with van der Waals surface area (Å²) in [5, 5.41) is 15.2. The van der Waals surface area contributed by atoms with Crippen molar-refractivity contribution in [1.29, 1.82) is 0 Å². The average Bonchev–Trinajstić information content (AvgIpc) is 3.37. The first-order valence-corrected chi connectivity index (χ1v) is 9.73. The maximum atomic E-state index is 6.35. The van der Waals surface area contributed by atoms with E-state index in [0.717, 1.165) is 26.4 Å². The quantitative estimate of drug-likeness (QED) is 0.445. The number of aromatic nitrogens is 4. The van der Waals surface area contributed by atoms with Gasteiger partial charge in [0.15, 0.2) is 5.82 Å². The molecule has 4 rings (SSSR count). The summed E-state index contributed by atoms with van der Waals surface area (Å²) < 4.78 is 10.5. The van der Waals surface area contributed by atoms with Crippen molar-refractivity contribution >= 4 is 34.5 Å². The first-order chi connectivity index (χ1) is 13.6. The highest BCUT2D eigenvalue weighted by Crippen LogP contribution is 2.45. The number of hydrogen-bond donors (Lipinski definition) is 1. The number of aromatic amines is 1. The Morgan fingerprint density at radius 2 is 1.54 bits per heavy atom. The molecule has 0 fully saturated rings. The molecule has 1 N–H and O–H groups in total. The highest BCUT2D eigenvalue weighted by molar-refractivity contribution is 7.19. The number of nitrogens with one attached hydrogen (secondary N) is 1. The zero-order chi connectivity index (χ0) is 19.7.